The first-order valence-corrected chi connectivity index (χ1v) is 9.56. The summed E-state index contributed by atoms with van der Waals surface area (Å²) >= 11 is 0. The molecule has 6 heteroatoms. The maximum Gasteiger partial charge on any atom is 0.238 e. The number of carbonyl (C=O) groups is 1. The minimum absolute atomic E-state index is 0.0793. The Morgan fingerprint density at radius 2 is 1.72 bits per heavy atom. The van der Waals surface area contributed by atoms with E-state index in [-0.39, 0.29) is 11.8 Å². The van der Waals surface area contributed by atoms with Gasteiger partial charge in [0.15, 0.2) is 5.76 Å². The van der Waals surface area contributed by atoms with Crippen molar-refractivity contribution in [2.24, 2.45) is 0 Å². The lowest BCUT2D eigenvalue weighted by molar-refractivity contribution is -0.135. The second-order valence-electron chi connectivity index (χ2n) is 7.17. The maximum absolute atomic E-state index is 12.6. The lowest BCUT2D eigenvalue weighted by Gasteiger charge is -2.37. The first-order chi connectivity index (χ1) is 14.3. The zero-order chi connectivity index (χ0) is 19.6. The molecule has 0 aliphatic carbocycles. The first-order valence-electron chi connectivity index (χ1n) is 9.56. The van der Waals surface area contributed by atoms with Crippen LogP contribution in [0.5, 0.6) is 0 Å². The molecule has 5 rings (SSSR count). The molecule has 1 fully saturated rings. The highest BCUT2D eigenvalue weighted by Gasteiger charge is 2.35. The van der Waals surface area contributed by atoms with Crippen LogP contribution in [0.25, 0.3) is 22.7 Å². The smallest absolute Gasteiger partial charge is 0.238 e. The van der Waals surface area contributed by atoms with Crippen molar-refractivity contribution in [1.82, 2.24) is 15.0 Å². The average Bonchev–Trinajstić information content (AvgIpc) is 3.40. The summed E-state index contributed by atoms with van der Waals surface area (Å²) in [6.45, 7) is 1.20. The third-order valence-electron chi connectivity index (χ3n) is 5.18. The van der Waals surface area contributed by atoms with E-state index >= 15 is 0 Å². The van der Waals surface area contributed by atoms with Crippen LogP contribution in [0.2, 0.25) is 0 Å². The largest absolute Gasteiger partial charge is 0.461 e. The van der Waals surface area contributed by atoms with E-state index in [0.717, 1.165) is 11.1 Å². The summed E-state index contributed by atoms with van der Waals surface area (Å²) in [5.41, 5.74) is 3.33. The van der Waals surface area contributed by atoms with Crippen LogP contribution in [0.1, 0.15) is 17.4 Å². The molecule has 2 aromatic carbocycles. The molecule has 2 aromatic heterocycles. The number of amides is 1. The molecule has 1 aliphatic rings. The normalized spacial score (nSPS) is 14.0. The predicted octanol–water partition coefficient (Wildman–Crippen LogP) is 4.17. The van der Waals surface area contributed by atoms with Crippen molar-refractivity contribution in [2.75, 3.05) is 13.1 Å². The SMILES string of the molecule is O=C(Cc1ccc(-c2ccccc2)cc1)N1CC(c2nc(-c3ccco3)no2)C1. The van der Waals surface area contributed by atoms with Crippen molar-refractivity contribution in [3.8, 4) is 22.7 Å². The van der Waals surface area contributed by atoms with Crippen molar-refractivity contribution in [3.63, 3.8) is 0 Å². The standard InChI is InChI=1S/C23H19N3O3/c27-21(13-16-8-10-18(11-9-16)17-5-2-1-3-6-17)26-14-19(15-26)23-24-22(25-29-23)20-7-4-12-28-20/h1-12,19H,13-15H2. The number of rotatable bonds is 5. The van der Waals surface area contributed by atoms with Gasteiger partial charge >= 0.3 is 0 Å². The van der Waals surface area contributed by atoms with Gasteiger partial charge in [0.25, 0.3) is 0 Å². The highest BCUT2D eigenvalue weighted by Crippen LogP contribution is 2.28. The van der Waals surface area contributed by atoms with Crippen LogP contribution >= 0.6 is 0 Å². The molecule has 1 saturated heterocycles. The highest BCUT2D eigenvalue weighted by molar-refractivity contribution is 5.80. The van der Waals surface area contributed by atoms with E-state index in [2.05, 4.69) is 34.4 Å². The van der Waals surface area contributed by atoms with Gasteiger partial charge in [0.2, 0.25) is 17.6 Å². The number of likely N-dealkylation sites (tertiary alicyclic amines) is 1. The number of carbonyl (C=O) groups excluding carboxylic acids is 1. The van der Waals surface area contributed by atoms with E-state index in [1.807, 2.05) is 35.2 Å². The van der Waals surface area contributed by atoms with Gasteiger partial charge in [0.05, 0.1) is 18.6 Å². The molecule has 6 nitrogen and oxygen atoms in total. The average molecular weight is 385 g/mol. The number of benzene rings is 2. The van der Waals surface area contributed by atoms with Crippen LogP contribution in [0.15, 0.2) is 81.9 Å². The zero-order valence-electron chi connectivity index (χ0n) is 15.7. The van der Waals surface area contributed by atoms with Gasteiger partial charge in [0, 0.05) is 13.1 Å². The predicted molar refractivity (Wildman–Crippen MR) is 107 cm³/mol. The molecule has 3 heterocycles. The Kier molecular flexibility index (Phi) is 4.44. The molecule has 0 saturated carbocycles. The van der Waals surface area contributed by atoms with Gasteiger partial charge in [-0.2, -0.15) is 4.98 Å². The monoisotopic (exact) mass is 385 g/mol. The Labute approximate surface area is 167 Å². The van der Waals surface area contributed by atoms with Gasteiger partial charge in [-0.1, -0.05) is 59.8 Å². The van der Waals surface area contributed by atoms with Crippen LogP contribution < -0.4 is 0 Å². The van der Waals surface area contributed by atoms with E-state index in [1.54, 1.807) is 18.4 Å². The number of nitrogens with zero attached hydrogens (tertiary/aromatic N) is 3. The second kappa shape index (κ2) is 7.39. The summed E-state index contributed by atoms with van der Waals surface area (Å²) in [6, 6.07) is 21.9. The van der Waals surface area contributed by atoms with E-state index in [9.17, 15) is 4.79 Å². The molecule has 1 aliphatic heterocycles. The quantitative estimate of drug-likeness (QED) is 0.516. The van der Waals surface area contributed by atoms with Gasteiger partial charge in [-0.3, -0.25) is 4.79 Å². The van der Waals surface area contributed by atoms with Gasteiger partial charge in [-0.25, -0.2) is 0 Å². The minimum atomic E-state index is 0.0793. The zero-order valence-corrected chi connectivity index (χ0v) is 15.7. The Bertz CT molecular complexity index is 1100. The van der Waals surface area contributed by atoms with Crippen molar-refractivity contribution >= 4 is 5.91 Å². The molecular weight excluding hydrogens is 366 g/mol. The molecule has 144 valence electrons. The molecule has 1 amide bonds. The second-order valence-corrected chi connectivity index (χ2v) is 7.17. The molecule has 0 atom stereocenters. The van der Waals surface area contributed by atoms with Crippen LogP contribution in [0, 0.1) is 0 Å². The van der Waals surface area contributed by atoms with Crippen molar-refractivity contribution in [3.05, 3.63) is 84.4 Å². The molecule has 0 unspecified atom stereocenters. The summed E-state index contributed by atoms with van der Waals surface area (Å²) in [4.78, 5) is 18.8. The van der Waals surface area contributed by atoms with Crippen LogP contribution in [-0.2, 0) is 11.2 Å². The summed E-state index contributed by atoms with van der Waals surface area (Å²) in [7, 11) is 0. The maximum atomic E-state index is 12.6. The Hall–Kier alpha value is -3.67. The summed E-state index contributed by atoms with van der Waals surface area (Å²) in [5.74, 6) is 1.75. The fraction of sp³-hybridized carbons (Fsp3) is 0.174. The Morgan fingerprint density at radius 1 is 0.966 bits per heavy atom. The van der Waals surface area contributed by atoms with Gasteiger partial charge < -0.3 is 13.8 Å². The van der Waals surface area contributed by atoms with Crippen molar-refractivity contribution < 1.29 is 13.7 Å². The Morgan fingerprint density at radius 3 is 2.45 bits per heavy atom. The van der Waals surface area contributed by atoms with Crippen LogP contribution in [0.4, 0.5) is 0 Å². The molecule has 29 heavy (non-hydrogen) atoms. The third-order valence-corrected chi connectivity index (χ3v) is 5.18. The first kappa shape index (κ1) is 17.4. The van der Waals surface area contributed by atoms with E-state index in [0.29, 0.717) is 37.0 Å². The molecule has 0 spiro atoms. The number of hydrogen-bond donors (Lipinski definition) is 0. The summed E-state index contributed by atoms with van der Waals surface area (Å²) in [5, 5.41) is 3.95. The fourth-order valence-corrected chi connectivity index (χ4v) is 3.48. The number of hydrogen-bond acceptors (Lipinski definition) is 5. The fourth-order valence-electron chi connectivity index (χ4n) is 3.48. The molecule has 0 radical (unpaired) electrons. The highest BCUT2D eigenvalue weighted by atomic mass is 16.5. The third kappa shape index (κ3) is 3.57. The number of aromatic nitrogens is 2. The molecule has 0 N–H and O–H groups in total. The lowest BCUT2D eigenvalue weighted by Crippen LogP contribution is -2.49. The minimum Gasteiger partial charge on any atom is -0.461 e. The van der Waals surface area contributed by atoms with Gasteiger partial charge in [0.1, 0.15) is 0 Å². The van der Waals surface area contributed by atoms with Crippen LogP contribution in [0.3, 0.4) is 0 Å². The van der Waals surface area contributed by atoms with E-state index in [1.165, 1.54) is 5.56 Å². The van der Waals surface area contributed by atoms with E-state index < -0.39 is 0 Å². The molecule has 0 bridgehead atoms. The number of furan rings is 1. The van der Waals surface area contributed by atoms with Crippen molar-refractivity contribution in [1.29, 1.82) is 0 Å². The summed E-state index contributed by atoms with van der Waals surface area (Å²) in [6.07, 6.45) is 1.96. The topological polar surface area (TPSA) is 72.4 Å². The van der Waals surface area contributed by atoms with Gasteiger partial charge in [-0.15, -0.1) is 0 Å². The lowest BCUT2D eigenvalue weighted by atomic mass is 9.98. The summed E-state index contributed by atoms with van der Waals surface area (Å²) < 4.78 is 10.6. The van der Waals surface area contributed by atoms with Crippen molar-refractivity contribution in [2.45, 2.75) is 12.3 Å². The van der Waals surface area contributed by atoms with Gasteiger partial charge in [-0.05, 0) is 28.8 Å². The molecular formula is C23H19N3O3. The Balaban J connectivity index is 1.17. The molecule has 4 aromatic rings. The van der Waals surface area contributed by atoms with Crippen LogP contribution in [-0.4, -0.2) is 34.0 Å². The van der Waals surface area contributed by atoms with E-state index in [4.69, 9.17) is 8.94 Å².